The quantitative estimate of drug-likeness (QED) is 0.647. The highest BCUT2D eigenvalue weighted by molar-refractivity contribution is 5.79. The van der Waals surface area contributed by atoms with E-state index in [0.29, 0.717) is 18.8 Å². The molecule has 29 heavy (non-hydrogen) atoms. The Morgan fingerprint density at radius 3 is 2.31 bits per heavy atom. The summed E-state index contributed by atoms with van der Waals surface area (Å²) in [6.07, 6.45) is -3.13. The lowest BCUT2D eigenvalue weighted by molar-refractivity contribution is -0.133. The van der Waals surface area contributed by atoms with Crippen molar-refractivity contribution in [2.75, 3.05) is 26.8 Å². The zero-order chi connectivity index (χ0) is 21.2. The molecule has 1 aromatic carbocycles. The van der Waals surface area contributed by atoms with E-state index in [1.807, 2.05) is 18.0 Å². The van der Waals surface area contributed by atoms with Gasteiger partial charge in [-0.15, -0.1) is 0 Å². The molecule has 0 aliphatic carbocycles. The molecule has 0 bridgehead atoms. The van der Waals surface area contributed by atoms with Crippen LogP contribution in [0.15, 0.2) is 42.6 Å². The molecule has 1 fully saturated rings. The van der Waals surface area contributed by atoms with Gasteiger partial charge in [-0.2, -0.15) is 8.78 Å². The van der Waals surface area contributed by atoms with Gasteiger partial charge in [0, 0.05) is 24.8 Å². The lowest BCUT2D eigenvalue weighted by atomic mass is 9.90. The standard InChI is InChI=1S/C20H22F3N3O3/c1-26-10-20(29,11-26)16-7-6-14(9-24-16)12-2-4-13(5-3-12)17(27)15(8-21)25-19(28)18(22)23/h2-7,9,15,17-18,27,29H,8,10-11H2,1H3,(H,25,28)/t15-,17+/m1/s1. The third-order valence-corrected chi connectivity index (χ3v) is 4.96. The zero-order valence-corrected chi connectivity index (χ0v) is 15.7. The van der Waals surface area contributed by atoms with E-state index in [1.165, 1.54) is 12.1 Å². The molecule has 0 saturated carbocycles. The van der Waals surface area contributed by atoms with Crippen molar-refractivity contribution in [2.45, 2.75) is 24.2 Å². The van der Waals surface area contributed by atoms with Crippen LogP contribution in [0.4, 0.5) is 13.2 Å². The Hall–Kier alpha value is -2.49. The van der Waals surface area contributed by atoms with Crippen molar-refractivity contribution in [3.63, 3.8) is 0 Å². The average Bonchev–Trinajstić information content (AvgIpc) is 2.70. The normalized spacial score (nSPS) is 18.2. The minimum Gasteiger partial charge on any atom is -0.386 e. The van der Waals surface area contributed by atoms with Gasteiger partial charge >= 0.3 is 6.43 Å². The van der Waals surface area contributed by atoms with Crippen LogP contribution in [0.3, 0.4) is 0 Å². The van der Waals surface area contributed by atoms with E-state index in [1.54, 1.807) is 29.7 Å². The summed E-state index contributed by atoms with van der Waals surface area (Å²) in [5, 5.41) is 22.4. The molecule has 0 spiro atoms. The largest absolute Gasteiger partial charge is 0.386 e. The third kappa shape index (κ3) is 4.58. The van der Waals surface area contributed by atoms with Crippen LogP contribution in [0.1, 0.15) is 17.4 Å². The number of hydrogen-bond donors (Lipinski definition) is 3. The smallest absolute Gasteiger partial charge is 0.315 e. The highest BCUT2D eigenvalue weighted by Gasteiger charge is 2.41. The number of rotatable bonds is 7. The number of β-amino-alcohol motifs (C(OH)–C–C–N with tert-alkyl or cyclic N) is 1. The Balaban J connectivity index is 1.70. The Morgan fingerprint density at radius 1 is 1.21 bits per heavy atom. The van der Waals surface area contributed by atoms with Gasteiger partial charge in [-0.3, -0.25) is 14.7 Å². The molecular weight excluding hydrogens is 387 g/mol. The number of amides is 1. The molecule has 2 atom stereocenters. The first-order chi connectivity index (χ1) is 13.7. The summed E-state index contributed by atoms with van der Waals surface area (Å²) < 4.78 is 37.8. The second kappa shape index (κ2) is 8.48. The Kier molecular flexibility index (Phi) is 6.21. The number of carbonyl (C=O) groups excluding carboxylic acids is 1. The van der Waals surface area contributed by atoms with E-state index in [9.17, 15) is 28.2 Å². The van der Waals surface area contributed by atoms with E-state index in [0.717, 1.165) is 11.1 Å². The first-order valence-electron chi connectivity index (χ1n) is 9.04. The van der Waals surface area contributed by atoms with Crippen molar-refractivity contribution in [2.24, 2.45) is 0 Å². The maximum absolute atomic E-state index is 13.1. The predicted molar refractivity (Wildman–Crippen MR) is 99.9 cm³/mol. The SMILES string of the molecule is CN1CC(O)(c2ccc(-c3ccc([C@H](O)[C@@H](CF)NC(=O)C(F)F)cc3)cn2)C1. The summed E-state index contributed by atoms with van der Waals surface area (Å²) in [6.45, 7) is -0.154. The van der Waals surface area contributed by atoms with Crippen LogP contribution < -0.4 is 5.32 Å². The third-order valence-electron chi connectivity index (χ3n) is 4.96. The second-order valence-electron chi connectivity index (χ2n) is 7.27. The summed E-state index contributed by atoms with van der Waals surface area (Å²) in [4.78, 5) is 17.4. The summed E-state index contributed by atoms with van der Waals surface area (Å²) in [7, 11) is 1.91. The Morgan fingerprint density at radius 2 is 1.83 bits per heavy atom. The molecule has 1 aromatic heterocycles. The van der Waals surface area contributed by atoms with Crippen molar-refractivity contribution >= 4 is 5.91 Å². The molecule has 6 nitrogen and oxygen atoms in total. The number of nitrogens with zero attached hydrogens (tertiary/aromatic N) is 2. The van der Waals surface area contributed by atoms with Crippen molar-refractivity contribution in [1.82, 2.24) is 15.2 Å². The molecule has 3 rings (SSSR count). The maximum atomic E-state index is 13.1. The molecule has 1 aliphatic heterocycles. The molecule has 3 N–H and O–H groups in total. The van der Waals surface area contributed by atoms with E-state index in [-0.39, 0.29) is 5.56 Å². The molecule has 1 amide bonds. The summed E-state index contributed by atoms with van der Waals surface area (Å²) in [6, 6.07) is 8.50. The number of nitrogens with one attached hydrogen (secondary N) is 1. The second-order valence-corrected chi connectivity index (χ2v) is 7.27. The van der Waals surface area contributed by atoms with Gasteiger partial charge in [0.15, 0.2) is 0 Å². The van der Waals surface area contributed by atoms with Crippen LogP contribution in [0.5, 0.6) is 0 Å². The van der Waals surface area contributed by atoms with Gasteiger partial charge in [0.1, 0.15) is 18.4 Å². The van der Waals surface area contributed by atoms with Crippen LogP contribution in [0.2, 0.25) is 0 Å². The molecule has 0 unspecified atom stereocenters. The van der Waals surface area contributed by atoms with E-state index in [4.69, 9.17) is 0 Å². The lowest BCUT2D eigenvalue weighted by Gasteiger charge is -2.43. The van der Waals surface area contributed by atoms with Crippen molar-refractivity contribution in [3.05, 3.63) is 53.9 Å². The predicted octanol–water partition coefficient (Wildman–Crippen LogP) is 1.63. The Labute approximate surface area is 166 Å². The number of hydrogen-bond acceptors (Lipinski definition) is 5. The summed E-state index contributed by atoms with van der Waals surface area (Å²) >= 11 is 0. The van der Waals surface area contributed by atoms with E-state index >= 15 is 0 Å². The number of pyridine rings is 1. The Bertz CT molecular complexity index is 840. The fourth-order valence-corrected chi connectivity index (χ4v) is 3.40. The fraction of sp³-hybridized carbons (Fsp3) is 0.400. The fourth-order valence-electron chi connectivity index (χ4n) is 3.40. The molecular formula is C20H22F3N3O3. The van der Waals surface area contributed by atoms with Gasteiger partial charge in [0.25, 0.3) is 5.91 Å². The molecule has 2 aromatic rings. The first-order valence-corrected chi connectivity index (χ1v) is 9.04. The molecule has 9 heteroatoms. The molecule has 1 aliphatic rings. The molecule has 0 radical (unpaired) electrons. The minimum absolute atomic E-state index is 0.280. The van der Waals surface area contributed by atoms with Crippen LogP contribution in [0.25, 0.3) is 11.1 Å². The number of likely N-dealkylation sites (tertiary alicyclic amines) is 1. The maximum Gasteiger partial charge on any atom is 0.315 e. The highest BCUT2D eigenvalue weighted by Crippen LogP contribution is 2.30. The monoisotopic (exact) mass is 409 g/mol. The van der Waals surface area contributed by atoms with Crippen LogP contribution >= 0.6 is 0 Å². The van der Waals surface area contributed by atoms with Crippen molar-refractivity contribution < 1.29 is 28.2 Å². The van der Waals surface area contributed by atoms with Crippen LogP contribution in [0, 0.1) is 0 Å². The molecule has 1 saturated heterocycles. The number of likely N-dealkylation sites (N-methyl/N-ethyl adjacent to an activating group) is 1. The number of benzene rings is 1. The van der Waals surface area contributed by atoms with Gasteiger partial charge in [0.2, 0.25) is 0 Å². The lowest BCUT2D eigenvalue weighted by Crippen LogP contribution is -2.57. The molecule has 2 heterocycles. The zero-order valence-electron chi connectivity index (χ0n) is 15.7. The van der Waals surface area contributed by atoms with Crippen molar-refractivity contribution in [1.29, 1.82) is 0 Å². The van der Waals surface area contributed by atoms with Gasteiger partial charge in [-0.1, -0.05) is 30.3 Å². The average molecular weight is 409 g/mol. The van der Waals surface area contributed by atoms with E-state index in [2.05, 4.69) is 4.98 Å². The summed E-state index contributed by atoms with van der Waals surface area (Å²) in [5.74, 6) is -1.63. The topological polar surface area (TPSA) is 85.7 Å². The number of aliphatic hydroxyl groups is 2. The highest BCUT2D eigenvalue weighted by atomic mass is 19.3. The van der Waals surface area contributed by atoms with Gasteiger partial charge in [-0.25, -0.2) is 4.39 Å². The van der Waals surface area contributed by atoms with Gasteiger partial charge in [0.05, 0.1) is 11.7 Å². The number of aromatic nitrogens is 1. The number of alkyl halides is 3. The van der Waals surface area contributed by atoms with Gasteiger partial charge in [-0.05, 0) is 24.2 Å². The van der Waals surface area contributed by atoms with E-state index < -0.39 is 36.8 Å². The van der Waals surface area contributed by atoms with Crippen molar-refractivity contribution in [3.8, 4) is 11.1 Å². The number of aliphatic hydroxyl groups excluding tert-OH is 1. The van der Waals surface area contributed by atoms with Crippen LogP contribution in [-0.2, 0) is 10.4 Å². The molecule has 156 valence electrons. The number of carbonyl (C=O) groups is 1. The van der Waals surface area contributed by atoms with Crippen LogP contribution in [-0.4, -0.2) is 65.3 Å². The first kappa shape index (κ1) is 21.2. The summed E-state index contributed by atoms with van der Waals surface area (Å²) in [5.41, 5.74) is 1.48. The van der Waals surface area contributed by atoms with Gasteiger partial charge < -0.3 is 15.5 Å². The minimum atomic E-state index is -3.28. The number of halogens is 3.